The number of thioether (sulfide) groups is 1. The summed E-state index contributed by atoms with van der Waals surface area (Å²) in [6, 6.07) is 16.5. The lowest BCUT2D eigenvalue weighted by molar-refractivity contribution is -0.123. The second-order valence-corrected chi connectivity index (χ2v) is 9.33. The van der Waals surface area contributed by atoms with Gasteiger partial charge in [-0.15, -0.1) is 0 Å². The molecule has 0 radical (unpaired) electrons. The Hall–Kier alpha value is -2.51. The third-order valence-electron chi connectivity index (χ3n) is 4.77. The van der Waals surface area contributed by atoms with Gasteiger partial charge in [0.15, 0.2) is 0 Å². The molecule has 0 atom stereocenters. The molecule has 0 aliphatic carbocycles. The molecule has 1 aliphatic rings. The van der Waals surface area contributed by atoms with Crippen molar-refractivity contribution in [3.05, 3.63) is 103 Å². The maximum absolute atomic E-state index is 13.3. The van der Waals surface area contributed by atoms with Gasteiger partial charge in [-0.3, -0.25) is 14.5 Å². The van der Waals surface area contributed by atoms with Gasteiger partial charge in [-0.1, -0.05) is 71.2 Å². The van der Waals surface area contributed by atoms with Crippen LogP contribution in [0.25, 0.3) is 6.08 Å². The Morgan fingerprint density at radius 2 is 1.73 bits per heavy atom. The minimum absolute atomic E-state index is 0.0746. The highest BCUT2D eigenvalue weighted by molar-refractivity contribution is 8.18. The van der Waals surface area contributed by atoms with E-state index in [1.165, 1.54) is 18.2 Å². The summed E-state index contributed by atoms with van der Waals surface area (Å²) in [6.07, 6.45) is 1.52. The number of carbonyl (C=O) groups excluding carboxylic acids is 2. The zero-order valence-electron chi connectivity index (χ0n) is 16.9. The second-order valence-electron chi connectivity index (χ2n) is 7.08. The van der Waals surface area contributed by atoms with Crippen LogP contribution in [0.2, 0.25) is 15.1 Å². The number of hydrogen-bond donors (Lipinski definition) is 0. The van der Waals surface area contributed by atoms with Crippen LogP contribution < -0.4 is 4.74 Å². The number of imide groups is 1. The Bertz CT molecular complexity index is 1270. The van der Waals surface area contributed by atoms with Crippen LogP contribution in [0.1, 0.15) is 16.7 Å². The number of halogens is 4. The highest BCUT2D eigenvalue weighted by Gasteiger charge is 2.35. The second kappa shape index (κ2) is 10.2. The molecule has 4 rings (SSSR count). The highest BCUT2D eigenvalue weighted by atomic mass is 35.5. The summed E-state index contributed by atoms with van der Waals surface area (Å²) in [5, 5.41) is 0.306. The summed E-state index contributed by atoms with van der Waals surface area (Å²) in [5.74, 6) is -0.660. The number of rotatable bonds is 6. The van der Waals surface area contributed by atoms with Gasteiger partial charge in [-0.05, 0) is 53.2 Å². The fourth-order valence-corrected chi connectivity index (χ4v) is 4.79. The van der Waals surface area contributed by atoms with Gasteiger partial charge in [0, 0.05) is 15.6 Å². The highest BCUT2D eigenvalue weighted by Crippen LogP contribution is 2.39. The van der Waals surface area contributed by atoms with Crippen molar-refractivity contribution in [2.24, 2.45) is 0 Å². The summed E-state index contributed by atoms with van der Waals surface area (Å²) in [7, 11) is 0. The van der Waals surface area contributed by atoms with Crippen molar-refractivity contribution >= 4 is 63.8 Å². The first-order valence-corrected chi connectivity index (χ1v) is 11.6. The maximum Gasteiger partial charge on any atom is 0.293 e. The summed E-state index contributed by atoms with van der Waals surface area (Å²) < 4.78 is 19.2. The Kier molecular flexibility index (Phi) is 7.29. The Balaban J connectivity index is 1.60. The third-order valence-corrected chi connectivity index (χ3v) is 6.53. The van der Waals surface area contributed by atoms with Crippen molar-refractivity contribution in [1.29, 1.82) is 0 Å². The van der Waals surface area contributed by atoms with Crippen LogP contribution >= 0.6 is 46.6 Å². The molecule has 3 aromatic rings. The number of hydrogen-bond acceptors (Lipinski definition) is 4. The molecule has 1 fully saturated rings. The topological polar surface area (TPSA) is 46.6 Å². The first-order valence-electron chi connectivity index (χ1n) is 9.67. The summed E-state index contributed by atoms with van der Waals surface area (Å²) in [4.78, 5) is 26.7. The van der Waals surface area contributed by atoms with E-state index in [1.807, 2.05) is 30.3 Å². The monoisotopic (exact) mass is 521 g/mol. The lowest BCUT2D eigenvalue weighted by Gasteiger charge is -2.14. The van der Waals surface area contributed by atoms with Gasteiger partial charge in [0.05, 0.1) is 16.5 Å². The SMILES string of the molecule is O=C1S/C(=C\c2cc(Cl)cc(Cl)c2OCc2ccccc2)C(=O)N1Cc1ccc(F)cc1Cl. The van der Waals surface area contributed by atoms with E-state index >= 15 is 0 Å². The molecule has 33 heavy (non-hydrogen) atoms. The van der Waals surface area contributed by atoms with Gasteiger partial charge >= 0.3 is 0 Å². The molecule has 9 heteroatoms. The Labute approximate surface area is 208 Å². The van der Waals surface area contributed by atoms with Crippen LogP contribution in [0, 0.1) is 5.82 Å². The first kappa shape index (κ1) is 23.6. The van der Waals surface area contributed by atoms with E-state index in [-0.39, 0.29) is 28.1 Å². The molecule has 2 amide bonds. The number of nitrogens with zero attached hydrogens (tertiary/aromatic N) is 1. The van der Waals surface area contributed by atoms with Crippen LogP contribution in [0.3, 0.4) is 0 Å². The number of ether oxygens (including phenoxy) is 1. The van der Waals surface area contributed by atoms with Gasteiger partial charge < -0.3 is 4.74 Å². The minimum Gasteiger partial charge on any atom is -0.487 e. The largest absolute Gasteiger partial charge is 0.487 e. The lowest BCUT2D eigenvalue weighted by Crippen LogP contribution is -2.27. The molecule has 0 saturated carbocycles. The molecular weight excluding hydrogens is 508 g/mol. The number of carbonyl (C=O) groups is 2. The van der Waals surface area contributed by atoms with Crippen molar-refractivity contribution in [3.8, 4) is 5.75 Å². The van der Waals surface area contributed by atoms with Crippen molar-refractivity contribution < 1.29 is 18.7 Å². The van der Waals surface area contributed by atoms with E-state index in [0.717, 1.165) is 28.3 Å². The van der Waals surface area contributed by atoms with E-state index in [1.54, 1.807) is 12.1 Å². The molecular formula is C24H15Cl3FNO3S. The Morgan fingerprint density at radius 3 is 2.45 bits per heavy atom. The van der Waals surface area contributed by atoms with Gasteiger partial charge in [0.2, 0.25) is 0 Å². The van der Waals surface area contributed by atoms with E-state index in [0.29, 0.717) is 21.9 Å². The molecule has 0 unspecified atom stereocenters. The van der Waals surface area contributed by atoms with Crippen LogP contribution in [0.4, 0.5) is 9.18 Å². The van der Waals surface area contributed by atoms with Gasteiger partial charge in [0.1, 0.15) is 18.2 Å². The number of benzene rings is 3. The van der Waals surface area contributed by atoms with Crippen LogP contribution in [0.5, 0.6) is 5.75 Å². The molecule has 1 heterocycles. The number of amides is 2. The maximum atomic E-state index is 13.3. The standard InChI is InChI=1S/C24H15Cl3FNO3S/c25-17-8-16(22(20(27)10-17)32-13-14-4-2-1-3-5-14)9-21-23(30)29(24(31)33-21)12-15-6-7-18(28)11-19(15)26/h1-11H,12-13H2/b21-9-. The fraction of sp³-hybridized carbons (Fsp3) is 0.0833. The molecule has 0 aromatic heterocycles. The Morgan fingerprint density at radius 1 is 0.970 bits per heavy atom. The fourth-order valence-electron chi connectivity index (χ4n) is 3.17. The lowest BCUT2D eigenvalue weighted by atomic mass is 10.1. The smallest absolute Gasteiger partial charge is 0.293 e. The van der Waals surface area contributed by atoms with E-state index < -0.39 is 17.0 Å². The third kappa shape index (κ3) is 5.53. The quantitative estimate of drug-likeness (QED) is 0.313. The summed E-state index contributed by atoms with van der Waals surface area (Å²) >= 11 is 19.4. The van der Waals surface area contributed by atoms with Crippen molar-refractivity contribution in [2.45, 2.75) is 13.2 Å². The van der Waals surface area contributed by atoms with E-state index in [2.05, 4.69) is 0 Å². The van der Waals surface area contributed by atoms with Crippen molar-refractivity contribution in [1.82, 2.24) is 4.90 Å². The van der Waals surface area contributed by atoms with Gasteiger partial charge in [-0.25, -0.2) is 4.39 Å². The van der Waals surface area contributed by atoms with E-state index in [4.69, 9.17) is 39.5 Å². The van der Waals surface area contributed by atoms with E-state index in [9.17, 15) is 14.0 Å². The zero-order valence-corrected chi connectivity index (χ0v) is 19.9. The molecule has 168 valence electrons. The zero-order chi connectivity index (χ0) is 23.5. The first-order chi connectivity index (χ1) is 15.8. The summed E-state index contributed by atoms with van der Waals surface area (Å²) in [6.45, 7) is 0.183. The predicted octanol–water partition coefficient (Wildman–Crippen LogP) is 7.60. The summed E-state index contributed by atoms with van der Waals surface area (Å²) in [5.41, 5.74) is 1.86. The molecule has 3 aromatic carbocycles. The predicted molar refractivity (Wildman–Crippen MR) is 130 cm³/mol. The minimum atomic E-state index is -0.504. The van der Waals surface area contributed by atoms with Crippen LogP contribution in [0.15, 0.2) is 65.6 Å². The van der Waals surface area contributed by atoms with Crippen LogP contribution in [-0.4, -0.2) is 16.0 Å². The average Bonchev–Trinajstić information content (AvgIpc) is 3.03. The van der Waals surface area contributed by atoms with Crippen molar-refractivity contribution in [2.75, 3.05) is 0 Å². The van der Waals surface area contributed by atoms with Gasteiger partial charge in [0.25, 0.3) is 11.1 Å². The van der Waals surface area contributed by atoms with Crippen molar-refractivity contribution in [3.63, 3.8) is 0 Å². The molecule has 1 aliphatic heterocycles. The molecule has 0 N–H and O–H groups in total. The molecule has 1 saturated heterocycles. The van der Waals surface area contributed by atoms with Gasteiger partial charge in [-0.2, -0.15) is 0 Å². The average molecular weight is 523 g/mol. The normalized spacial score (nSPS) is 14.9. The van der Waals surface area contributed by atoms with Crippen LogP contribution in [-0.2, 0) is 17.9 Å². The molecule has 0 spiro atoms. The molecule has 0 bridgehead atoms. The molecule has 4 nitrogen and oxygen atoms in total.